The lowest BCUT2D eigenvalue weighted by Crippen LogP contribution is -2.36. The molecule has 0 fully saturated rings. The van der Waals surface area contributed by atoms with Crippen LogP contribution in [0, 0.1) is 5.82 Å². The molecule has 0 amide bonds. The SMILES string of the molecule is CCOc1cc2c(cc1Cc1cccc(Cl)c1F)c(=O)c(C(=O)O)cn2C(C)(CC)CO. The first-order valence-corrected chi connectivity index (χ1v) is 10.7. The number of aliphatic hydroxyl groups is 1. The number of carbonyl (C=O) groups is 1. The number of aromatic carboxylic acids is 1. The Bertz CT molecular complexity index is 1230. The number of rotatable bonds is 8. The molecule has 1 unspecified atom stereocenters. The van der Waals surface area contributed by atoms with Crippen LogP contribution in [0.5, 0.6) is 5.75 Å². The predicted octanol–water partition coefficient (Wildman–Crippen LogP) is 4.60. The summed E-state index contributed by atoms with van der Waals surface area (Å²) >= 11 is 5.91. The average Bonchev–Trinajstić information content (AvgIpc) is 2.77. The molecule has 0 aliphatic heterocycles. The molecule has 2 aromatic carbocycles. The summed E-state index contributed by atoms with van der Waals surface area (Å²) in [6.07, 6.45) is 1.85. The van der Waals surface area contributed by atoms with Crippen molar-refractivity contribution in [3.63, 3.8) is 0 Å². The van der Waals surface area contributed by atoms with Gasteiger partial charge in [0.15, 0.2) is 0 Å². The zero-order valence-electron chi connectivity index (χ0n) is 18.1. The van der Waals surface area contributed by atoms with Crippen LogP contribution in [0.3, 0.4) is 0 Å². The van der Waals surface area contributed by atoms with Crippen LogP contribution in [0.1, 0.15) is 48.7 Å². The highest BCUT2D eigenvalue weighted by Gasteiger charge is 2.28. The van der Waals surface area contributed by atoms with Gasteiger partial charge in [-0.05, 0) is 43.5 Å². The second-order valence-electron chi connectivity index (χ2n) is 7.86. The van der Waals surface area contributed by atoms with E-state index in [1.807, 2.05) is 6.92 Å². The van der Waals surface area contributed by atoms with Crippen molar-refractivity contribution in [2.24, 2.45) is 0 Å². The summed E-state index contributed by atoms with van der Waals surface area (Å²) < 4.78 is 21.9. The molecule has 1 aromatic heterocycles. The fraction of sp³-hybridized carbons (Fsp3) is 0.333. The van der Waals surface area contributed by atoms with Crippen molar-refractivity contribution >= 4 is 28.5 Å². The number of aliphatic hydroxyl groups excluding tert-OH is 1. The van der Waals surface area contributed by atoms with E-state index in [9.17, 15) is 24.2 Å². The van der Waals surface area contributed by atoms with Gasteiger partial charge in [0.2, 0.25) is 5.43 Å². The van der Waals surface area contributed by atoms with Crippen molar-refractivity contribution in [3.8, 4) is 5.75 Å². The Balaban J connectivity index is 2.37. The summed E-state index contributed by atoms with van der Waals surface area (Å²) in [4.78, 5) is 24.8. The molecule has 0 aliphatic carbocycles. The molecule has 3 rings (SSSR count). The van der Waals surface area contributed by atoms with E-state index in [-0.39, 0.29) is 23.4 Å². The topological polar surface area (TPSA) is 88.8 Å². The quantitative estimate of drug-likeness (QED) is 0.511. The van der Waals surface area contributed by atoms with Gasteiger partial charge < -0.3 is 19.5 Å². The summed E-state index contributed by atoms with van der Waals surface area (Å²) in [5, 5.41) is 19.8. The molecule has 6 nitrogen and oxygen atoms in total. The molecule has 0 bridgehead atoms. The Morgan fingerprint density at radius 1 is 1.25 bits per heavy atom. The molecule has 170 valence electrons. The van der Waals surface area contributed by atoms with E-state index in [1.54, 1.807) is 42.7 Å². The predicted molar refractivity (Wildman–Crippen MR) is 122 cm³/mol. The normalized spacial score (nSPS) is 13.2. The highest BCUT2D eigenvalue weighted by atomic mass is 35.5. The van der Waals surface area contributed by atoms with E-state index < -0.39 is 28.3 Å². The number of benzene rings is 2. The molecule has 0 saturated heterocycles. The van der Waals surface area contributed by atoms with Gasteiger partial charge in [-0.1, -0.05) is 30.7 Å². The molecule has 3 aromatic rings. The summed E-state index contributed by atoms with van der Waals surface area (Å²) in [6.45, 7) is 5.51. The highest BCUT2D eigenvalue weighted by molar-refractivity contribution is 6.30. The molecule has 2 N–H and O–H groups in total. The van der Waals surface area contributed by atoms with Crippen molar-refractivity contribution in [2.75, 3.05) is 13.2 Å². The third-order valence-electron chi connectivity index (χ3n) is 5.81. The standard InChI is InChI=1S/C24H25ClFNO5/c1-4-24(3,13-28)27-12-17(23(30)31)22(29)16-10-15(20(32-5-2)11-19(16)27)9-14-7-6-8-18(25)21(14)26/h6-8,10-12,28H,4-5,9,13H2,1-3H3,(H,30,31). The number of carboxylic acid groups (broad SMARTS) is 1. The van der Waals surface area contributed by atoms with E-state index in [4.69, 9.17) is 16.3 Å². The molecular formula is C24H25ClFNO5. The Kier molecular flexibility index (Phi) is 6.91. The highest BCUT2D eigenvalue weighted by Crippen LogP contribution is 2.32. The lowest BCUT2D eigenvalue weighted by atomic mass is 9.95. The molecule has 0 spiro atoms. The first kappa shape index (κ1) is 23.8. The Morgan fingerprint density at radius 2 is 1.97 bits per heavy atom. The van der Waals surface area contributed by atoms with Gasteiger partial charge in [-0.2, -0.15) is 0 Å². The lowest BCUT2D eigenvalue weighted by molar-refractivity contribution is 0.0693. The number of ether oxygens (including phenoxy) is 1. The van der Waals surface area contributed by atoms with Crippen LogP contribution >= 0.6 is 11.6 Å². The molecule has 8 heteroatoms. The summed E-state index contributed by atoms with van der Waals surface area (Å²) in [5.74, 6) is -1.49. The minimum absolute atomic E-state index is 0.0153. The third-order valence-corrected chi connectivity index (χ3v) is 6.10. The monoisotopic (exact) mass is 461 g/mol. The van der Waals surface area contributed by atoms with Crippen molar-refractivity contribution in [1.29, 1.82) is 0 Å². The van der Waals surface area contributed by atoms with Gasteiger partial charge in [-0.3, -0.25) is 4.79 Å². The number of nitrogens with zero attached hydrogens (tertiary/aromatic N) is 1. The number of fused-ring (bicyclic) bond motifs is 1. The largest absolute Gasteiger partial charge is 0.494 e. The van der Waals surface area contributed by atoms with Gasteiger partial charge in [0.25, 0.3) is 0 Å². The summed E-state index contributed by atoms with van der Waals surface area (Å²) in [6, 6.07) is 7.85. The van der Waals surface area contributed by atoms with Crippen molar-refractivity contribution in [2.45, 2.75) is 39.2 Å². The zero-order valence-corrected chi connectivity index (χ0v) is 18.9. The molecule has 32 heavy (non-hydrogen) atoms. The molecule has 0 aliphatic rings. The minimum atomic E-state index is -1.36. The molecular weight excluding hydrogens is 437 g/mol. The maximum Gasteiger partial charge on any atom is 0.341 e. The number of halogens is 2. The van der Waals surface area contributed by atoms with E-state index in [2.05, 4.69) is 0 Å². The van der Waals surface area contributed by atoms with Crippen LogP contribution in [0.4, 0.5) is 4.39 Å². The van der Waals surface area contributed by atoms with Crippen molar-refractivity contribution in [3.05, 3.63) is 74.3 Å². The van der Waals surface area contributed by atoms with Crippen LogP contribution < -0.4 is 10.2 Å². The fourth-order valence-electron chi connectivity index (χ4n) is 3.67. The first-order chi connectivity index (χ1) is 15.2. The van der Waals surface area contributed by atoms with Gasteiger partial charge >= 0.3 is 5.97 Å². The Morgan fingerprint density at radius 3 is 2.56 bits per heavy atom. The van der Waals surface area contributed by atoms with E-state index >= 15 is 0 Å². The van der Waals surface area contributed by atoms with Gasteiger partial charge in [0.05, 0.1) is 29.3 Å². The summed E-state index contributed by atoms with van der Waals surface area (Å²) in [5.41, 5.74) is -0.641. The second-order valence-corrected chi connectivity index (χ2v) is 8.26. The Hall–Kier alpha value is -2.90. The molecule has 1 heterocycles. The maximum atomic E-state index is 14.5. The first-order valence-electron chi connectivity index (χ1n) is 10.3. The van der Waals surface area contributed by atoms with E-state index in [0.717, 1.165) is 0 Å². The van der Waals surface area contributed by atoms with Crippen LogP contribution in [0.2, 0.25) is 5.02 Å². The van der Waals surface area contributed by atoms with Crippen LogP contribution in [0.15, 0.2) is 41.3 Å². The number of hydrogen-bond acceptors (Lipinski definition) is 4. The van der Waals surface area contributed by atoms with E-state index in [1.165, 1.54) is 12.3 Å². The smallest absolute Gasteiger partial charge is 0.341 e. The van der Waals surface area contributed by atoms with Gasteiger partial charge in [-0.25, -0.2) is 9.18 Å². The van der Waals surface area contributed by atoms with Crippen LogP contribution in [-0.2, 0) is 12.0 Å². The minimum Gasteiger partial charge on any atom is -0.494 e. The maximum absolute atomic E-state index is 14.5. The lowest BCUT2D eigenvalue weighted by Gasteiger charge is -2.32. The van der Waals surface area contributed by atoms with Gasteiger partial charge in [0, 0.05) is 24.1 Å². The zero-order chi connectivity index (χ0) is 23.6. The van der Waals surface area contributed by atoms with Crippen molar-refractivity contribution in [1.82, 2.24) is 4.57 Å². The Labute approximate surface area is 189 Å². The number of pyridine rings is 1. The van der Waals surface area contributed by atoms with Crippen LogP contribution in [-0.4, -0.2) is 34.0 Å². The van der Waals surface area contributed by atoms with Crippen molar-refractivity contribution < 1.29 is 24.1 Å². The van der Waals surface area contributed by atoms with Gasteiger partial charge in [0.1, 0.15) is 17.1 Å². The second kappa shape index (κ2) is 9.30. The molecule has 1 atom stereocenters. The number of aromatic nitrogens is 1. The molecule has 0 radical (unpaired) electrons. The number of hydrogen-bond donors (Lipinski definition) is 2. The van der Waals surface area contributed by atoms with Gasteiger partial charge in [-0.15, -0.1) is 0 Å². The average molecular weight is 462 g/mol. The fourth-order valence-corrected chi connectivity index (χ4v) is 3.87. The third kappa shape index (κ3) is 4.23. The van der Waals surface area contributed by atoms with E-state index in [0.29, 0.717) is 35.4 Å². The van der Waals surface area contributed by atoms with Crippen LogP contribution in [0.25, 0.3) is 10.9 Å². The summed E-state index contributed by atoms with van der Waals surface area (Å²) in [7, 11) is 0. The molecule has 0 saturated carbocycles. The number of carboxylic acids is 1.